The van der Waals surface area contributed by atoms with Gasteiger partial charge in [0.1, 0.15) is 18.0 Å². The van der Waals surface area contributed by atoms with Gasteiger partial charge in [-0.25, -0.2) is 4.57 Å². The molecule has 1 N–H and O–H groups in total. The number of hydrogen-bond donors (Lipinski definition) is 1. The molecule has 1 atom stereocenters. The van der Waals surface area contributed by atoms with Crippen molar-refractivity contribution in [3.63, 3.8) is 0 Å². The molecule has 6 nitrogen and oxygen atoms in total. The molecule has 0 aromatic carbocycles. The third-order valence-corrected chi connectivity index (χ3v) is 1.59. The lowest BCUT2D eigenvalue weighted by molar-refractivity contribution is -0.396. The van der Waals surface area contributed by atoms with Crippen molar-refractivity contribution in [1.29, 1.82) is 0 Å². The summed E-state index contributed by atoms with van der Waals surface area (Å²) in [7, 11) is 1.49. The van der Waals surface area contributed by atoms with Gasteiger partial charge in [0.15, 0.2) is 0 Å². The lowest BCUT2D eigenvalue weighted by Gasteiger charge is -2.00. The molecule has 0 aliphatic heterocycles. The number of nitro groups is 1. The van der Waals surface area contributed by atoms with E-state index in [1.807, 2.05) is 0 Å². The van der Waals surface area contributed by atoms with Gasteiger partial charge in [0.2, 0.25) is 0 Å². The summed E-state index contributed by atoms with van der Waals surface area (Å²) in [5.41, 5.74) is 0.432. The van der Waals surface area contributed by atoms with Crippen molar-refractivity contribution in [3.05, 3.63) is 22.0 Å². The van der Waals surface area contributed by atoms with Crippen molar-refractivity contribution in [2.45, 2.75) is 13.0 Å². The Morgan fingerprint density at radius 3 is 2.67 bits per heavy atom. The van der Waals surface area contributed by atoms with E-state index < -0.39 is 11.0 Å². The highest BCUT2D eigenvalue weighted by molar-refractivity contribution is 5.15. The van der Waals surface area contributed by atoms with Crippen LogP contribution in [0.4, 0.5) is 5.95 Å². The van der Waals surface area contributed by atoms with E-state index >= 15 is 0 Å². The monoisotopic (exact) mass is 171 g/mol. The van der Waals surface area contributed by atoms with Crippen LogP contribution in [0.15, 0.2) is 6.20 Å². The number of rotatable bonds is 2. The van der Waals surface area contributed by atoms with Gasteiger partial charge >= 0.3 is 5.95 Å². The summed E-state index contributed by atoms with van der Waals surface area (Å²) in [5.74, 6) is -0.258. The van der Waals surface area contributed by atoms with E-state index in [4.69, 9.17) is 5.11 Å². The molecule has 0 aliphatic carbocycles. The van der Waals surface area contributed by atoms with Gasteiger partial charge in [-0.15, -0.1) is 0 Å². The van der Waals surface area contributed by atoms with E-state index in [2.05, 4.69) is 4.98 Å². The second-order valence-corrected chi connectivity index (χ2v) is 2.48. The third-order valence-electron chi connectivity index (χ3n) is 1.59. The Hall–Kier alpha value is -1.43. The molecule has 1 rings (SSSR count). The van der Waals surface area contributed by atoms with Gasteiger partial charge in [0, 0.05) is 0 Å². The van der Waals surface area contributed by atoms with Crippen LogP contribution in [-0.4, -0.2) is 19.6 Å². The van der Waals surface area contributed by atoms with Crippen molar-refractivity contribution in [3.8, 4) is 0 Å². The molecule has 0 saturated heterocycles. The Balaban J connectivity index is 3.13. The molecule has 1 aromatic heterocycles. The van der Waals surface area contributed by atoms with Gasteiger partial charge in [0.05, 0.1) is 7.05 Å². The molecule has 1 unspecified atom stereocenters. The zero-order valence-electron chi connectivity index (χ0n) is 6.76. The fraction of sp³-hybridized carbons (Fsp3) is 0.500. The van der Waals surface area contributed by atoms with Gasteiger partial charge in [-0.3, -0.25) is 0 Å². The Morgan fingerprint density at radius 1 is 1.83 bits per heavy atom. The van der Waals surface area contributed by atoms with Crippen LogP contribution in [0.2, 0.25) is 0 Å². The molecule has 0 saturated carbocycles. The van der Waals surface area contributed by atoms with Crippen LogP contribution in [0.1, 0.15) is 18.7 Å². The van der Waals surface area contributed by atoms with Gasteiger partial charge in [-0.1, -0.05) is 4.98 Å². The first-order valence-electron chi connectivity index (χ1n) is 3.38. The van der Waals surface area contributed by atoms with E-state index in [9.17, 15) is 10.1 Å². The Morgan fingerprint density at radius 2 is 2.42 bits per heavy atom. The fourth-order valence-corrected chi connectivity index (χ4v) is 0.970. The minimum absolute atomic E-state index is 0.258. The highest BCUT2D eigenvalue weighted by Crippen LogP contribution is 2.16. The third kappa shape index (κ3) is 1.28. The molecular weight excluding hydrogens is 162 g/mol. The maximum Gasteiger partial charge on any atom is 0.434 e. The minimum Gasteiger partial charge on any atom is -0.390 e. The fourth-order valence-electron chi connectivity index (χ4n) is 0.970. The number of nitrogens with zero attached hydrogens (tertiary/aromatic N) is 3. The van der Waals surface area contributed by atoms with Crippen LogP contribution in [-0.2, 0) is 7.05 Å². The molecule has 6 heteroatoms. The van der Waals surface area contributed by atoms with Crippen LogP contribution in [0.5, 0.6) is 0 Å². The highest BCUT2D eigenvalue weighted by Gasteiger charge is 2.19. The zero-order valence-corrected chi connectivity index (χ0v) is 6.76. The average molecular weight is 171 g/mol. The van der Waals surface area contributed by atoms with E-state index in [0.29, 0.717) is 5.69 Å². The van der Waals surface area contributed by atoms with E-state index in [1.54, 1.807) is 0 Å². The van der Waals surface area contributed by atoms with Gasteiger partial charge in [-0.2, -0.15) is 0 Å². The van der Waals surface area contributed by atoms with Crippen molar-refractivity contribution in [1.82, 2.24) is 9.55 Å². The standard InChI is InChI=1S/C6H9N3O3/c1-4(10)5-3-7-6(8(5)2)9(11)12/h3-4,10H,1-2H3. The summed E-state index contributed by atoms with van der Waals surface area (Å²) in [4.78, 5) is 13.2. The minimum atomic E-state index is -0.740. The lowest BCUT2D eigenvalue weighted by Crippen LogP contribution is -2.03. The predicted molar refractivity (Wildman–Crippen MR) is 40.5 cm³/mol. The molecule has 0 bridgehead atoms. The summed E-state index contributed by atoms with van der Waals surface area (Å²) >= 11 is 0. The van der Waals surface area contributed by atoms with Crippen LogP contribution >= 0.6 is 0 Å². The second-order valence-electron chi connectivity index (χ2n) is 2.48. The van der Waals surface area contributed by atoms with Crippen LogP contribution in [0, 0.1) is 10.1 Å². The number of aliphatic hydroxyl groups excluding tert-OH is 1. The van der Waals surface area contributed by atoms with Crippen molar-refractivity contribution >= 4 is 5.95 Å². The molecule has 0 radical (unpaired) electrons. The van der Waals surface area contributed by atoms with E-state index in [-0.39, 0.29) is 5.95 Å². The molecule has 12 heavy (non-hydrogen) atoms. The maximum atomic E-state index is 10.3. The first kappa shape index (κ1) is 8.66. The van der Waals surface area contributed by atoms with Crippen LogP contribution < -0.4 is 0 Å². The summed E-state index contributed by atoms with van der Waals surface area (Å²) in [6, 6.07) is 0. The largest absolute Gasteiger partial charge is 0.434 e. The zero-order chi connectivity index (χ0) is 9.30. The smallest absolute Gasteiger partial charge is 0.390 e. The molecule has 66 valence electrons. The van der Waals surface area contributed by atoms with Crippen molar-refractivity contribution < 1.29 is 10.0 Å². The molecule has 0 spiro atoms. The Labute approximate surface area is 68.6 Å². The maximum absolute atomic E-state index is 10.3. The Bertz CT molecular complexity index is 305. The van der Waals surface area contributed by atoms with Gasteiger partial charge in [-0.05, 0) is 11.8 Å². The van der Waals surface area contributed by atoms with Crippen molar-refractivity contribution in [2.24, 2.45) is 7.05 Å². The first-order valence-corrected chi connectivity index (χ1v) is 3.38. The quantitative estimate of drug-likeness (QED) is 0.515. The summed E-state index contributed by atoms with van der Waals surface area (Å²) < 4.78 is 1.25. The first-order chi connectivity index (χ1) is 5.54. The molecule has 1 heterocycles. The van der Waals surface area contributed by atoms with E-state index in [1.165, 1.54) is 24.7 Å². The number of hydrogen-bond acceptors (Lipinski definition) is 4. The topological polar surface area (TPSA) is 81.2 Å². The lowest BCUT2D eigenvalue weighted by atomic mass is 10.3. The van der Waals surface area contributed by atoms with Crippen molar-refractivity contribution in [2.75, 3.05) is 0 Å². The van der Waals surface area contributed by atoms with Gasteiger partial charge in [0.25, 0.3) is 0 Å². The average Bonchev–Trinajstić information content (AvgIpc) is 2.30. The molecule has 0 amide bonds. The normalized spacial score (nSPS) is 12.9. The van der Waals surface area contributed by atoms with Gasteiger partial charge < -0.3 is 15.2 Å². The molecular formula is C6H9N3O3. The highest BCUT2D eigenvalue weighted by atomic mass is 16.6. The predicted octanol–water partition coefficient (Wildman–Crippen LogP) is 0.382. The number of imidazole rings is 1. The summed E-state index contributed by atoms with van der Waals surface area (Å²) in [6.45, 7) is 1.53. The number of aliphatic hydroxyl groups is 1. The molecule has 0 aliphatic rings. The van der Waals surface area contributed by atoms with E-state index in [0.717, 1.165) is 0 Å². The van der Waals surface area contributed by atoms with Crippen LogP contribution in [0.3, 0.4) is 0 Å². The molecule has 0 fully saturated rings. The Kier molecular flexibility index (Phi) is 2.09. The molecule has 1 aromatic rings. The SMILES string of the molecule is CC(O)c1cnc([N+](=O)[O-])n1C. The summed E-state index contributed by atoms with van der Waals surface area (Å²) in [5, 5.41) is 19.4. The number of aromatic nitrogens is 2. The second kappa shape index (κ2) is 2.90. The van der Waals surface area contributed by atoms with Crippen LogP contribution in [0.25, 0.3) is 0 Å². The summed E-state index contributed by atoms with van der Waals surface area (Å²) in [6.07, 6.45) is 0.555.